The molecule has 4 aliphatic rings. The first-order valence-corrected chi connectivity index (χ1v) is 25.2. The second kappa shape index (κ2) is 18.2. The molecular formula is C49H59FN4O8Si. The molecule has 0 aliphatic carbocycles. The fourth-order valence-electron chi connectivity index (χ4n) is 10.5. The van der Waals surface area contributed by atoms with Crippen molar-refractivity contribution < 1.29 is 42.9 Å². The summed E-state index contributed by atoms with van der Waals surface area (Å²) in [5, 5.41) is 23.1. The summed E-state index contributed by atoms with van der Waals surface area (Å²) < 4.78 is 35.1. The van der Waals surface area contributed by atoms with Crippen LogP contribution in [0, 0.1) is 5.92 Å². The third-order valence-electron chi connectivity index (χ3n) is 13.5. The summed E-state index contributed by atoms with van der Waals surface area (Å²) in [6.07, 6.45) is 1.38. The van der Waals surface area contributed by atoms with E-state index in [1.54, 1.807) is 47.0 Å². The van der Waals surface area contributed by atoms with Crippen molar-refractivity contribution in [3.63, 3.8) is 0 Å². The van der Waals surface area contributed by atoms with Crippen molar-refractivity contribution >= 4 is 43.2 Å². The number of amides is 3. The normalized spacial score (nSPS) is 24.1. The SMILES string of the molecule is CCOc1ccc2c(c1)CC(NCCCCO)C(=O)N2c1ccc(CN2C(=O)[C@@]3(O[C@@H](CC(=O)N4Cc5ccccc5C[C@H]4CO)[C@H]([Si](C)(C)F)[C@H]3C)c3cc(OC)ccc32)cc1. The number of hydrogen-bond acceptors (Lipinski definition) is 9. The highest BCUT2D eigenvalue weighted by Crippen LogP contribution is 2.61. The molecule has 63 heavy (non-hydrogen) atoms. The molecule has 14 heteroatoms. The summed E-state index contributed by atoms with van der Waals surface area (Å²) in [6.45, 7) is 8.53. The van der Waals surface area contributed by atoms with Gasteiger partial charge in [-0.25, -0.2) is 0 Å². The lowest BCUT2D eigenvalue weighted by Gasteiger charge is -2.37. The number of hydrogen-bond donors (Lipinski definition) is 3. The van der Waals surface area contributed by atoms with E-state index in [0.717, 1.165) is 40.1 Å². The minimum absolute atomic E-state index is 0.0887. The quantitative estimate of drug-likeness (QED) is 0.0676. The van der Waals surface area contributed by atoms with Crippen LogP contribution in [-0.4, -0.2) is 92.9 Å². The smallest absolute Gasteiger partial charge is 0.264 e. The Hall–Kier alpha value is -5.12. The number of rotatable bonds is 15. The van der Waals surface area contributed by atoms with Gasteiger partial charge in [0.2, 0.25) is 20.2 Å². The number of carbonyl (C=O) groups is 3. The summed E-state index contributed by atoms with van der Waals surface area (Å²) in [5.74, 6) is -0.0360. The van der Waals surface area contributed by atoms with Gasteiger partial charge in [0.15, 0.2) is 5.60 Å². The number of halogens is 1. The van der Waals surface area contributed by atoms with Gasteiger partial charge in [0, 0.05) is 35.9 Å². The predicted molar refractivity (Wildman–Crippen MR) is 241 cm³/mol. The minimum atomic E-state index is -3.59. The van der Waals surface area contributed by atoms with Gasteiger partial charge < -0.3 is 43.6 Å². The largest absolute Gasteiger partial charge is 0.497 e. The van der Waals surface area contributed by atoms with Crippen LogP contribution in [0.5, 0.6) is 11.5 Å². The zero-order valence-corrected chi connectivity index (χ0v) is 37.8. The molecule has 3 N–H and O–H groups in total. The third-order valence-corrected chi connectivity index (χ3v) is 15.9. The highest BCUT2D eigenvalue weighted by molar-refractivity contribution is 6.72. The van der Waals surface area contributed by atoms with Crippen LogP contribution in [0.2, 0.25) is 18.6 Å². The van der Waals surface area contributed by atoms with E-state index in [-0.39, 0.29) is 43.9 Å². The zero-order valence-electron chi connectivity index (χ0n) is 36.8. The number of nitrogens with zero attached hydrogens (tertiary/aromatic N) is 3. The van der Waals surface area contributed by atoms with E-state index in [4.69, 9.17) is 14.2 Å². The second-order valence-electron chi connectivity index (χ2n) is 17.8. The number of carbonyl (C=O) groups excluding carboxylic acids is 3. The molecule has 12 nitrogen and oxygen atoms in total. The molecule has 4 heterocycles. The molecule has 4 aromatic carbocycles. The van der Waals surface area contributed by atoms with E-state index in [1.807, 2.05) is 86.6 Å². The van der Waals surface area contributed by atoms with Gasteiger partial charge >= 0.3 is 0 Å². The molecule has 4 aliphatic heterocycles. The van der Waals surface area contributed by atoms with Crippen LogP contribution in [0.15, 0.2) is 84.9 Å². The maximum Gasteiger partial charge on any atom is 0.264 e. The lowest BCUT2D eigenvalue weighted by Crippen LogP contribution is -2.49. The van der Waals surface area contributed by atoms with Gasteiger partial charge in [-0.15, -0.1) is 0 Å². The van der Waals surface area contributed by atoms with Crippen molar-refractivity contribution in [2.24, 2.45) is 5.92 Å². The average molecular weight is 879 g/mol. The molecule has 4 aromatic rings. The molecule has 0 saturated carbocycles. The summed E-state index contributed by atoms with van der Waals surface area (Å²) in [7, 11) is -2.04. The van der Waals surface area contributed by atoms with Gasteiger partial charge in [0.05, 0.1) is 62.9 Å². The Morgan fingerprint density at radius 2 is 1.67 bits per heavy atom. The molecule has 6 atom stereocenters. The lowest BCUT2D eigenvalue weighted by molar-refractivity contribution is -0.151. The molecule has 1 unspecified atom stereocenters. The van der Waals surface area contributed by atoms with Gasteiger partial charge in [-0.2, -0.15) is 0 Å². The van der Waals surface area contributed by atoms with Crippen LogP contribution in [0.3, 0.4) is 0 Å². The summed E-state index contributed by atoms with van der Waals surface area (Å²) in [5.41, 5.74) is 4.24. The Bertz CT molecular complexity index is 2340. The Balaban J connectivity index is 1.08. The van der Waals surface area contributed by atoms with Crippen molar-refractivity contribution in [2.45, 2.75) is 101 Å². The lowest BCUT2D eigenvalue weighted by atomic mass is 9.82. The predicted octanol–water partition coefficient (Wildman–Crippen LogP) is 6.70. The number of nitrogens with one attached hydrogen (secondary N) is 1. The van der Waals surface area contributed by atoms with Gasteiger partial charge in [-0.05, 0) is 123 Å². The fourth-order valence-corrected chi connectivity index (χ4v) is 13.0. The number of aliphatic hydroxyl groups excluding tert-OH is 2. The van der Waals surface area contributed by atoms with Gasteiger partial charge in [-0.3, -0.25) is 19.3 Å². The Labute approximate surface area is 370 Å². The molecular weight excluding hydrogens is 820 g/mol. The first kappa shape index (κ1) is 44.5. The average Bonchev–Trinajstić information content (AvgIpc) is 3.70. The van der Waals surface area contributed by atoms with Gasteiger partial charge in [0.1, 0.15) is 11.5 Å². The van der Waals surface area contributed by atoms with E-state index in [2.05, 4.69) is 5.32 Å². The Kier molecular flexibility index (Phi) is 12.8. The molecule has 1 spiro atoms. The molecule has 0 radical (unpaired) electrons. The maximum absolute atomic E-state index is 16.7. The molecule has 0 aromatic heterocycles. The Morgan fingerprint density at radius 3 is 2.37 bits per heavy atom. The summed E-state index contributed by atoms with van der Waals surface area (Å²) >= 11 is 0. The minimum Gasteiger partial charge on any atom is -0.497 e. The van der Waals surface area contributed by atoms with E-state index in [1.165, 1.54) is 0 Å². The fraction of sp³-hybridized carbons (Fsp3) is 0.449. The van der Waals surface area contributed by atoms with Crippen molar-refractivity contribution in [3.8, 4) is 11.5 Å². The van der Waals surface area contributed by atoms with Crippen LogP contribution in [0.4, 0.5) is 21.2 Å². The highest BCUT2D eigenvalue weighted by atomic mass is 28.4. The van der Waals surface area contributed by atoms with Crippen LogP contribution < -0.4 is 24.6 Å². The standard InChI is InChI=1S/C49H59FN4O8Si/c1-6-61-39-18-19-42-35(24-39)25-41(51-21-9-10-22-55)47(58)54(42)36-15-13-32(14-16-36)28-53-43-20-17-38(60-3)26-40(43)49(48(53)59)31(2)46(63(4,5)50)44(62-49)27-45(57)52-29-34-12-8-7-11-33(34)23-37(52)30-56/h7-8,11-20,24,26,31,37,41,44,46,51,55-56H,6,9-10,21-23,25,27-30H2,1-5H3/t31-,37+,41?,44+,46-,49+/m1/s1. The molecule has 1 saturated heterocycles. The van der Waals surface area contributed by atoms with Crippen LogP contribution in [0.1, 0.15) is 60.9 Å². The van der Waals surface area contributed by atoms with Crippen molar-refractivity contribution in [1.82, 2.24) is 10.2 Å². The van der Waals surface area contributed by atoms with E-state index in [9.17, 15) is 19.8 Å². The molecule has 0 bridgehead atoms. The molecule has 8 rings (SSSR count). The molecule has 3 amide bonds. The van der Waals surface area contributed by atoms with E-state index in [0.29, 0.717) is 61.6 Å². The summed E-state index contributed by atoms with van der Waals surface area (Å²) in [4.78, 5) is 48.7. The first-order chi connectivity index (χ1) is 30.3. The van der Waals surface area contributed by atoms with Crippen LogP contribution >= 0.6 is 0 Å². The number of anilines is 3. The van der Waals surface area contributed by atoms with E-state index < -0.39 is 43.7 Å². The van der Waals surface area contributed by atoms with Crippen molar-refractivity contribution in [2.75, 3.05) is 43.3 Å². The number of fused-ring (bicyclic) bond motifs is 4. The van der Waals surface area contributed by atoms with Gasteiger partial charge in [0.25, 0.3) is 5.91 Å². The Morgan fingerprint density at radius 1 is 0.937 bits per heavy atom. The zero-order chi connectivity index (χ0) is 44.6. The summed E-state index contributed by atoms with van der Waals surface area (Å²) in [6, 6.07) is 25.8. The highest BCUT2D eigenvalue weighted by Gasteiger charge is 2.67. The molecule has 334 valence electrons. The third kappa shape index (κ3) is 8.27. The van der Waals surface area contributed by atoms with Crippen molar-refractivity contribution in [3.05, 3.63) is 113 Å². The van der Waals surface area contributed by atoms with Crippen LogP contribution in [0.25, 0.3) is 0 Å². The van der Waals surface area contributed by atoms with Crippen LogP contribution in [-0.2, 0) is 50.7 Å². The number of aliphatic hydroxyl groups is 2. The van der Waals surface area contributed by atoms with E-state index >= 15 is 8.90 Å². The second-order valence-corrected chi connectivity index (χ2v) is 21.6. The monoisotopic (exact) mass is 878 g/mol. The topological polar surface area (TPSA) is 141 Å². The van der Waals surface area contributed by atoms with Crippen molar-refractivity contribution in [1.29, 1.82) is 0 Å². The number of ether oxygens (including phenoxy) is 3. The first-order valence-electron chi connectivity index (χ1n) is 22.2. The number of methoxy groups -OCH3 is 1. The maximum atomic E-state index is 16.7. The molecule has 1 fully saturated rings. The number of unbranched alkanes of at least 4 members (excludes halogenated alkanes) is 1. The van der Waals surface area contributed by atoms with Gasteiger partial charge in [-0.1, -0.05) is 43.3 Å². The number of benzene rings is 4.